The van der Waals surface area contributed by atoms with Crippen LogP contribution in [0, 0.1) is 5.82 Å². The van der Waals surface area contributed by atoms with Crippen LogP contribution in [0.1, 0.15) is 52.0 Å². The van der Waals surface area contributed by atoms with Gasteiger partial charge >= 0.3 is 5.97 Å². The van der Waals surface area contributed by atoms with Gasteiger partial charge in [0.1, 0.15) is 10.8 Å². The summed E-state index contributed by atoms with van der Waals surface area (Å²) in [5.74, 6) is -0.682. The molecule has 2 aromatic rings. The molecule has 8 heteroatoms. The number of thiophene rings is 1. The van der Waals surface area contributed by atoms with Crippen LogP contribution in [-0.2, 0) is 28.9 Å². The number of piperazine rings is 1. The van der Waals surface area contributed by atoms with Crippen LogP contribution in [0.2, 0.25) is 0 Å². The monoisotopic (exact) mass is 473 g/mol. The molecule has 1 aromatic carbocycles. The van der Waals surface area contributed by atoms with Crippen molar-refractivity contribution in [1.29, 1.82) is 0 Å². The average molecular weight is 474 g/mol. The lowest BCUT2D eigenvalue weighted by molar-refractivity contribution is -0.117. The summed E-state index contributed by atoms with van der Waals surface area (Å²) in [6.07, 6.45) is 6.36. The molecule has 1 aliphatic heterocycles. The fourth-order valence-corrected chi connectivity index (χ4v) is 5.99. The lowest BCUT2D eigenvalue weighted by Crippen LogP contribution is -2.48. The molecular weight excluding hydrogens is 441 g/mol. The summed E-state index contributed by atoms with van der Waals surface area (Å²) in [6, 6.07) is 6.70. The van der Waals surface area contributed by atoms with Gasteiger partial charge < -0.3 is 10.1 Å². The van der Waals surface area contributed by atoms with Gasteiger partial charge in [0.2, 0.25) is 5.91 Å². The Morgan fingerprint density at radius 2 is 1.79 bits per heavy atom. The van der Waals surface area contributed by atoms with Crippen LogP contribution < -0.4 is 5.32 Å². The first-order valence-corrected chi connectivity index (χ1v) is 12.6. The van der Waals surface area contributed by atoms with Gasteiger partial charge in [0.05, 0.1) is 19.2 Å². The number of aryl methyl sites for hydroxylation is 1. The zero-order chi connectivity index (χ0) is 23.2. The normalized spacial score (nSPS) is 17.6. The Kier molecular flexibility index (Phi) is 8.11. The van der Waals surface area contributed by atoms with E-state index in [-0.39, 0.29) is 24.2 Å². The lowest BCUT2D eigenvalue weighted by atomic mass is 9.96. The summed E-state index contributed by atoms with van der Waals surface area (Å²) in [4.78, 5) is 31.0. The molecule has 1 fully saturated rings. The molecule has 4 rings (SSSR count). The summed E-state index contributed by atoms with van der Waals surface area (Å²) in [5, 5.41) is 3.64. The third kappa shape index (κ3) is 6.19. The van der Waals surface area contributed by atoms with Gasteiger partial charge in [-0.2, -0.15) is 0 Å². The summed E-state index contributed by atoms with van der Waals surface area (Å²) in [6.45, 7) is 4.19. The highest BCUT2D eigenvalue weighted by Crippen LogP contribution is 2.37. The first-order chi connectivity index (χ1) is 16.0. The molecule has 1 saturated heterocycles. The minimum Gasteiger partial charge on any atom is -0.465 e. The van der Waals surface area contributed by atoms with Crippen molar-refractivity contribution in [2.24, 2.45) is 0 Å². The molecule has 1 N–H and O–H groups in total. The minimum absolute atomic E-state index is 0.104. The van der Waals surface area contributed by atoms with Crippen LogP contribution in [0.25, 0.3) is 0 Å². The van der Waals surface area contributed by atoms with Crippen LogP contribution in [0.4, 0.5) is 9.39 Å². The highest BCUT2D eigenvalue weighted by atomic mass is 32.1. The van der Waals surface area contributed by atoms with E-state index in [9.17, 15) is 14.0 Å². The fraction of sp³-hybridized carbons (Fsp3) is 0.520. The summed E-state index contributed by atoms with van der Waals surface area (Å²) < 4.78 is 18.5. The molecule has 6 nitrogen and oxygen atoms in total. The Labute approximate surface area is 198 Å². The molecule has 0 bridgehead atoms. The van der Waals surface area contributed by atoms with Gasteiger partial charge in [0.15, 0.2) is 0 Å². The van der Waals surface area contributed by atoms with E-state index in [1.807, 2.05) is 6.07 Å². The van der Waals surface area contributed by atoms with Crippen molar-refractivity contribution in [1.82, 2.24) is 9.80 Å². The zero-order valence-electron chi connectivity index (χ0n) is 19.2. The number of halogens is 1. The molecule has 0 spiro atoms. The van der Waals surface area contributed by atoms with E-state index in [1.165, 1.54) is 42.2 Å². The molecule has 1 amide bonds. The van der Waals surface area contributed by atoms with Crippen molar-refractivity contribution in [2.75, 3.05) is 45.2 Å². The van der Waals surface area contributed by atoms with E-state index < -0.39 is 0 Å². The number of carbonyl (C=O) groups excluding carboxylic acids is 2. The molecule has 0 saturated carbocycles. The van der Waals surface area contributed by atoms with Gasteiger partial charge in [-0.1, -0.05) is 25.0 Å². The largest absolute Gasteiger partial charge is 0.465 e. The molecule has 178 valence electrons. The Morgan fingerprint density at radius 3 is 2.52 bits per heavy atom. The van der Waals surface area contributed by atoms with E-state index in [2.05, 4.69) is 15.1 Å². The number of ether oxygens (including phenoxy) is 1. The second-order valence-corrected chi connectivity index (χ2v) is 9.95. The number of amides is 1. The summed E-state index contributed by atoms with van der Waals surface area (Å²) in [7, 11) is 1.39. The van der Waals surface area contributed by atoms with Crippen molar-refractivity contribution < 1.29 is 18.7 Å². The molecule has 0 atom stereocenters. The summed E-state index contributed by atoms with van der Waals surface area (Å²) >= 11 is 1.53. The number of hydrogen-bond acceptors (Lipinski definition) is 6. The highest BCUT2D eigenvalue weighted by molar-refractivity contribution is 7.17. The second kappa shape index (κ2) is 11.2. The number of benzene rings is 1. The van der Waals surface area contributed by atoms with E-state index in [0.717, 1.165) is 63.0 Å². The summed E-state index contributed by atoms with van der Waals surface area (Å²) in [5.41, 5.74) is 2.57. The Morgan fingerprint density at radius 1 is 1.06 bits per heavy atom. The van der Waals surface area contributed by atoms with E-state index in [4.69, 9.17) is 4.74 Å². The number of anilines is 1. The highest BCUT2D eigenvalue weighted by Gasteiger charge is 2.27. The average Bonchev–Trinajstić information content (AvgIpc) is 3.10. The van der Waals surface area contributed by atoms with E-state index in [0.29, 0.717) is 17.1 Å². The third-order valence-corrected chi connectivity index (χ3v) is 7.65. The number of rotatable bonds is 6. The Balaban J connectivity index is 1.34. The molecule has 2 heterocycles. The smallest absolute Gasteiger partial charge is 0.341 e. The first kappa shape index (κ1) is 23.9. The van der Waals surface area contributed by atoms with Crippen molar-refractivity contribution in [3.63, 3.8) is 0 Å². The SMILES string of the molecule is COC(=O)c1c(NC(=O)CN2CCN(Cc3cccc(F)c3)CC2)sc2c1CCCCCC2. The van der Waals surface area contributed by atoms with Crippen LogP contribution >= 0.6 is 11.3 Å². The molecule has 1 aromatic heterocycles. The maximum absolute atomic E-state index is 13.4. The van der Waals surface area contributed by atoms with Crippen LogP contribution in [-0.4, -0.2) is 61.5 Å². The van der Waals surface area contributed by atoms with Crippen molar-refractivity contribution in [3.8, 4) is 0 Å². The molecule has 2 aliphatic rings. The number of esters is 1. The number of carbonyl (C=O) groups is 2. The predicted octanol–water partition coefficient (Wildman–Crippen LogP) is 4.09. The predicted molar refractivity (Wildman–Crippen MR) is 128 cm³/mol. The van der Waals surface area contributed by atoms with E-state index >= 15 is 0 Å². The fourth-order valence-electron chi connectivity index (χ4n) is 4.69. The Hall–Kier alpha value is -2.29. The maximum Gasteiger partial charge on any atom is 0.341 e. The number of fused-ring (bicyclic) bond motifs is 1. The van der Waals surface area contributed by atoms with Crippen molar-refractivity contribution >= 4 is 28.2 Å². The van der Waals surface area contributed by atoms with Gasteiger partial charge in [-0.05, 0) is 48.9 Å². The topological polar surface area (TPSA) is 61.9 Å². The number of methoxy groups -OCH3 is 1. The standard InChI is InChI=1S/C25H32FN3O3S/c1-32-25(31)23-20-9-4-2-3-5-10-21(20)33-24(23)27-22(30)17-29-13-11-28(12-14-29)16-18-7-6-8-19(26)15-18/h6-8,15H,2-5,9-14,16-17H2,1H3,(H,27,30). The van der Waals surface area contributed by atoms with Crippen LogP contribution in [0.5, 0.6) is 0 Å². The third-order valence-electron chi connectivity index (χ3n) is 6.44. The van der Waals surface area contributed by atoms with Gasteiger partial charge in [0.25, 0.3) is 0 Å². The number of nitrogens with one attached hydrogen (secondary N) is 1. The number of nitrogens with zero attached hydrogens (tertiary/aromatic N) is 2. The lowest BCUT2D eigenvalue weighted by Gasteiger charge is -2.34. The molecule has 33 heavy (non-hydrogen) atoms. The van der Waals surface area contributed by atoms with Crippen LogP contribution in [0.3, 0.4) is 0 Å². The molecular formula is C25H32FN3O3S. The molecule has 0 radical (unpaired) electrons. The maximum atomic E-state index is 13.4. The first-order valence-electron chi connectivity index (χ1n) is 11.8. The van der Waals surface area contributed by atoms with E-state index in [1.54, 1.807) is 12.1 Å². The van der Waals surface area contributed by atoms with Gasteiger partial charge in [-0.3, -0.25) is 14.6 Å². The number of hydrogen-bond donors (Lipinski definition) is 1. The second-order valence-electron chi connectivity index (χ2n) is 8.84. The zero-order valence-corrected chi connectivity index (χ0v) is 20.0. The minimum atomic E-state index is -0.366. The van der Waals surface area contributed by atoms with Crippen LogP contribution in [0.15, 0.2) is 24.3 Å². The molecule has 0 unspecified atom stereocenters. The quantitative estimate of drug-likeness (QED) is 0.641. The molecule has 1 aliphatic carbocycles. The van der Waals surface area contributed by atoms with Gasteiger partial charge in [-0.25, -0.2) is 9.18 Å². The van der Waals surface area contributed by atoms with Gasteiger partial charge in [0, 0.05) is 37.6 Å². The van der Waals surface area contributed by atoms with Crippen molar-refractivity contribution in [2.45, 2.75) is 45.1 Å². The van der Waals surface area contributed by atoms with Gasteiger partial charge in [-0.15, -0.1) is 11.3 Å². The van der Waals surface area contributed by atoms with Crippen molar-refractivity contribution in [3.05, 3.63) is 51.7 Å². The Bertz CT molecular complexity index is 985.